The first-order valence-electron chi connectivity index (χ1n) is 8.37. The number of benzene rings is 1. The first-order valence-corrected chi connectivity index (χ1v) is 8.84. The summed E-state index contributed by atoms with van der Waals surface area (Å²) >= 11 is 5.02. The number of aliphatic hydroxyl groups excluding tert-OH is 1. The van der Waals surface area contributed by atoms with E-state index in [0.717, 1.165) is 11.3 Å². The van der Waals surface area contributed by atoms with Gasteiger partial charge in [0.05, 0.1) is 12.1 Å². The molecule has 1 rings (SSSR count). The molecule has 1 aromatic carbocycles. The van der Waals surface area contributed by atoms with E-state index in [1.165, 1.54) is 5.49 Å². The van der Waals surface area contributed by atoms with Gasteiger partial charge in [0.25, 0.3) is 5.91 Å². The minimum atomic E-state index is -0.102. The summed E-state index contributed by atoms with van der Waals surface area (Å²) < 4.78 is 0. The largest absolute Gasteiger partial charge is 0.395 e. The van der Waals surface area contributed by atoms with E-state index in [4.69, 9.17) is 17.3 Å². The Balaban J connectivity index is 3.05. The predicted octanol–water partition coefficient (Wildman–Crippen LogP) is 2.46. The number of rotatable bonds is 9. The summed E-state index contributed by atoms with van der Waals surface area (Å²) in [6.07, 6.45) is 1.87. The van der Waals surface area contributed by atoms with Crippen LogP contribution in [0.2, 0.25) is 0 Å². The fraction of sp³-hybridized carbons (Fsp3) is 0.474. The third-order valence-corrected chi connectivity index (χ3v) is 3.98. The summed E-state index contributed by atoms with van der Waals surface area (Å²) in [7, 11) is 5.63. The number of thiocarbonyl (C=S) groups is 1. The molecule has 6 heteroatoms. The van der Waals surface area contributed by atoms with Gasteiger partial charge in [0.2, 0.25) is 0 Å². The van der Waals surface area contributed by atoms with Crippen LogP contribution in [0.25, 0.3) is 6.08 Å². The highest BCUT2D eigenvalue weighted by atomic mass is 32.1. The van der Waals surface area contributed by atoms with Crippen LogP contribution in [0.5, 0.6) is 0 Å². The van der Waals surface area contributed by atoms with Gasteiger partial charge in [-0.15, -0.1) is 0 Å². The summed E-state index contributed by atoms with van der Waals surface area (Å²) in [5.74, 6) is 0.239. The Labute approximate surface area is 156 Å². The molecule has 25 heavy (non-hydrogen) atoms. The minimum Gasteiger partial charge on any atom is -0.395 e. The van der Waals surface area contributed by atoms with Crippen molar-refractivity contribution in [3.63, 3.8) is 0 Å². The van der Waals surface area contributed by atoms with Gasteiger partial charge in [-0.1, -0.05) is 38.2 Å². The second-order valence-electron chi connectivity index (χ2n) is 6.62. The van der Waals surface area contributed by atoms with Crippen molar-refractivity contribution in [2.24, 2.45) is 5.92 Å². The van der Waals surface area contributed by atoms with Gasteiger partial charge in [0.1, 0.15) is 5.70 Å². The number of carbonyl (C=O) groups is 1. The fourth-order valence-electron chi connectivity index (χ4n) is 2.36. The number of likely N-dealkylation sites (N-methyl/N-ethyl adjacent to an activating group) is 2. The lowest BCUT2D eigenvalue weighted by molar-refractivity contribution is -0.124. The monoisotopic (exact) mass is 363 g/mol. The van der Waals surface area contributed by atoms with Gasteiger partial charge >= 0.3 is 0 Å². The van der Waals surface area contributed by atoms with Crippen LogP contribution in [-0.4, -0.2) is 67.1 Å². The number of hydrogen-bond acceptors (Lipinski definition) is 5. The van der Waals surface area contributed by atoms with E-state index in [2.05, 4.69) is 13.8 Å². The van der Waals surface area contributed by atoms with Crippen LogP contribution >= 0.6 is 12.2 Å². The molecule has 0 heterocycles. The van der Waals surface area contributed by atoms with Crippen molar-refractivity contribution in [1.82, 2.24) is 9.80 Å². The third kappa shape index (κ3) is 6.48. The van der Waals surface area contributed by atoms with Crippen molar-refractivity contribution in [3.8, 4) is 0 Å². The average molecular weight is 364 g/mol. The highest BCUT2D eigenvalue weighted by molar-refractivity contribution is 7.78. The van der Waals surface area contributed by atoms with Gasteiger partial charge in [-0.25, -0.2) is 0 Å². The lowest BCUT2D eigenvalue weighted by Gasteiger charge is -2.24. The van der Waals surface area contributed by atoms with E-state index in [-0.39, 0.29) is 12.5 Å². The summed E-state index contributed by atoms with van der Waals surface area (Å²) in [5.41, 5.74) is 3.96. The Morgan fingerprint density at radius 2 is 1.80 bits per heavy atom. The summed E-state index contributed by atoms with van der Waals surface area (Å²) in [5, 5.41) is 9.02. The Bertz CT molecular complexity index is 597. The van der Waals surface area contributed by atoms with E-state index in [1.54, 1.807) is 9.80 Å². The van der Waals surface area contributed by atoms with Gasteiger partial charge < -0.3 is 19.8 Å². The molecule has 0 radical (unpaired) electrons. The van der Waals surface area contributed by atoms with Gasteiger partial charge in [0, 0.05) is 39.9 Å². The third-order valence-electron chi connectivity index (χ3n) is 3.72. The van der Waals surface area contributed by atoms with Crippen LogP contribution < -0.4 is 4.90 Å². The van der Waals surface area contributed by atoms with Gasteiger partial charge in [-0.3, -0.25) is 4.79 Å². The highest BCUT2D eigenvalue weighted by Crippen LogP contribution is 2.17. The van der Waals surface area contributed by atoms with Gasteiger partial charge in [-0.2, -0.15) is 0 Å². The Hall–Kier alpha value is -1.92. The molecule has 1 aromatic rings. The van der Waals surface area contributed by atoms with Crippen LogP contribution in [0.3, 0.4) is 0 Å². The quantitative estimate of drug-likeness (QED) is 0.539. The molecule has 0 fully saturated rings. The first kappa shape index (κ1) is 21.1. The molecule has 0 aliphatic heterocycles. The molecular weight excluding hydrogens is 334 g/mol. The van der Waals surface area contributed by atoms with Crippen molar-refractivity contribution in [2.45, 2.75) is 13.8 Å². The number of carbonyl (C=O) groups excluding carboxylic acids is 1. The molecule has 0 unspecified atom stereocenters. The number of nitrogens with zero attached hydrogens (tertiary/aromatic N) is 3. The Morgan fingerprint density at radius 3 is 2.24 bits per heavy atom. The van der Waals surface area contributed by atoms with Crippen molar-refractivity contribution in [2.75, 3.05) is 45.7 Å². The molecule has 0 atom stereocenters. The summed E-state index contributed by atoms with van der Waals surface area (Å²) in [6, 6.07) is 7.88. The van der Waals surface area contributed by atoms with E-state index in [1.807, 2.05) is 56.4 Å². The maximum Gasteiger partial charge on any atom is 0.274 e. The van der Waals surface area contributed by atoms with Crippen LogP contribution in [0.4, 0.5) is 5.69 Å². The van der Waals surface area contributed by atoms with Crippen LogP contribution in [0.1, 0.15) is 19.4 Å². The van der Waals surface area contributed by atoms with Gasteiger partial charge in [-0.05, 0) is 29.7 Å². The second kappa shape index (κ2) is 10.2. The maximum atomic E-state index is 12.8. The van der Waals surface area contributed by atoms with E-state index < -0.39 is 0 Å². The SMILES string of the molecule is CC(C)CN(C=S)C(=O)/C(=C\c1ccc(N(C)CCO)cc1)N(C)C. The first-order chi connectivity index (χ1) is 11.8. The van der Waals surface area contributed by atoms with Crippen molar-refractivity contribution in [3.05, 3.63) is 35.5 Å². The number of anilines is 1. The Morgan fingerprint density at radius 1 is 1.20 bits per heavy atom. The minimum absolute atomic E-state index is 0.102. The molecule has 0 spiro atoms. The fourth-order valence-corrected chi connectivity index (χ4v) is 2.54. The lowest BCUT2D eigenvalue weighted by Crippen LogP contribution is -2.37. The molecule has 0 saturated heterocycles. The molecule has 0 saturated carbocycles. The summed E-state index contributed by atoms with van der Waals surface area (Å²) in [4.78, 5) is 18.2. The average Bonchev–Trinajstić information content (AvgIpc) is 2.57. The summed E-state index contributed by atoms with van der Waals surface area (Å²) in [6.45, 7) is 5.40. The molecule has 0 aromatic heterocycles. The zero-order chi connectivity index (χ0) is 19.0. The van der Waals surface area contributed by atoms with Crippen LogP contribution in [-0.2, 0) is 4.79 Å². The molecule has 0 aliphatic carbocycles. The molecule has 138 valence electrons. The number of amides is 1. The lowest BCUT2D eigenvalue weighted by atomic mass is 10.1. The molecule has 0 bridgehead atoms. The standard InChI is InChI=1S/C19H29N3O2S/c1-15(2)13-22(14-25)19(24)18(20(3)4)12-16-6-8-17(9-7-16)21(5)10-11-23/h6-9,12,14-15,23H,10-11,13H2,1-5H3/b18-12+. The van der Waals surface area contributed by atoms with Crippen LogP contribution in [0, 0.1) is 5.92 Å². The number of aliphatic hydroxyl groups is 1. The van der Waals surface area contributed by atoms with Gasteiger partial charge in [0.15, 0.2) is 0 Å². The Kier molecular flexibility index (Phi) is 8.58. The van der Waals surface area contributed by atoms with Crippen molar-refractivity contribution in [1.29, 1.82) is 0 Å². The predicted molar refractivity (Wildman–Crippen MR) is 109 cm³/mol. The maximum absolute atomic E-state index is 12.8. The molecule has 1 N–H and O–H groups in total. The molecule has 5 nitrogen and oxygen atoms in total. The zero-order valence-electron chi connectivity index (χ0n) is 15.8. The zero-order valence-corrected chi connectivity index (χ0v) is 16.6. The van der Waals surface area contributed by atoms with E-state index >= 15 is 0 Å². The van der Waals surface area contributed by atoms with E-state index in [0.29, 0.717) is 24.7 Å². The van der Waals surface area contributed by atoms with Crippen molar-refractivity contribution >= 4 is 35.4 Å². The molecular formula is C19H29N3O2S. The van der Waals surface area contributed by atoms with Crippen LogP contribution in [0.15, 0.2) is 30.0 Å². The molecule has 0 aliphatic rings. The number of hydrogen-bond donors (Lipinski definition) is 1. The smallest absolute Gasteiger partial charge is 0.274 e. The second-order valence-corrected chi connectivity index (χ2v) is 6.83. The normalized spacial score (nSPS) is 11.4. The highest BCUT2D eigenvalue weighted by Gasteiger charge is 2.19. The van der Waals surface area contributed by atoms with E-state index in [9.17, 15) is 4.79 Å². The topological polar surface area (TPSA) is 47.0 Å². The van der Waals surface area contributed by atoms with Crippen molar-refractivity contribution < 1.29 is 9.90 Å². The molecule has 1 amide bonds.